The summed E-state index contributed by atoms with van der Waals surface area (Å²) in [6, 6.07) is 2.07. The number of carbonyl (C=O) groups excluding carboxylic acids is 1. The lowest BCUT2D eigenvalue weighted by Crippen LogP contribution is -2.38. The van der Waals surface area contributed by atoms with Gasteiger partial charge in [0, 0.05) is 13.1 Å². The highest BCUT2D eigenvalue weighted by Crippen LogP contribution is 2.10. The third kappa shape index (κ3) is 4.33. The number of nitriles is 1. The molecule has 3 nitrogen and oxygen atoms in total. The van der Waals surface area contributed by atoms with Crippen LogP contribution in [0, 0.1) is 23.2 Å². The van der Waals surface area contributed by atoms with Gasteiger partial charge in [0.25, 0.3) is 0 Å². The van der Waals surface area contributed by atoms with Crippen LogP contribution in [-0.4, -0.2) is 23.9 Å². The van der Waals surface area contributed by atoms with Crippen molar-refractivity contribution in [1.29, 1.82) is 5.26 Å². The number of amides is 1. The predicted octanol–water partition coefficient (Wildman–Crippen LogP) is 2.43. The van der Waals surface area contributed by atoms with Crippen LogP contribution in [0.5, 0.6) is 0 Å². The second-order valence-electron chi connectivity index (χ2n) is 3.98. The molecule has 2 unspecified atom stereocenters. The van der Waals surface area contributed by atoms with Gasteiger partial charge in [-0.3, -0.25) is 4.79 Å². The highest BCUT2D eigenvalue weighted by Gasteiger charge is 2.22. The van der Waals surface area contributed by atoms with Gasteiger partial charge in [-0.2, -0.15) is 5.26 Å². The third-order valence-electron chi connectivity index (χ3n) is 2.78. The topological polar surface area (TPSA) is 44.1 Å². The molecule has 15 heavy (non-hydrogen) atoms. The Morgan fingerprint density at radius 1 is 1.33 bits per heavy atom. The molecule has 0 saturated heterocycles. The van der Waals surface area contributed by atoms with Gasteiger partial charge in [0.2, 0.25) is 5.91 Å². The first kappa shape index (κ1) is 14.0. The van der Waals surface area contributed by atoms with Gasteiger partial charge in [-0.05, 0) is 19.3 Å². The van der Waals surface area contributed by atoms with E-state index in [1.165, 1.54) is 0 Å². The normalized spacial score (nSPS) is 14.1. The summed E-state index contributed by atoms with van der Waals surface area (Å²) in [4.78, 5) is 13.7. The standard InChI is InChI=1S/C12H22N2O/c1-5-10(4)9-14(7-3)12(15)11(6-2)8-13/h10-11H,5-7,9H2,1-4H3. The molecule has 0 aliphatic rings. The Labute approximate surface area is 93.1 Å². The van der Waals surface area contributed by atoms with Crippen LogP contribution in [0.15, 0.2) is 0 Å². The van der Waals surface area contributed by atoms with Crippen molar-refractivity contribution < 1.29 is 4.79 Å². The van der Waals surface area contributed by atoms with Gasteiger partial charge >= 0.3 is 0 Å². The Balaban J connectivity index is 4.40. The summed E-state index contributed by atoms with van der Waals surface area (Å²) in [5.41, 5.74) is 0. The molecule has 0 aromatic rings. The SMILES string of the molecule is CCC(C)CN(CC)C(=O)C(C#N)CC. The maximum atomic E-state index is 11.9. The first-order valence-corrected chi connectivity index (χ1v) is 5.78. The summed E-state index contributed by atoms with van der Waals surface area (Å²) in [5, 5.41) is 8.83. The van der Waals surface area contributed by atoms with Crippen molar-refractivity contribution in [3.05, 3.63) is 0 Å². The van der Waals surface area contributed by atoms with E-state index in [-0.39, 0.29) is 5.91 Å². The molecule has 0 fully saturated rings. The van der Waals surface area contributed by atoms with Crippen molar-refractivity contribution in [1.82, 2.24) is 4.90 Å². The molecule has 0 heterocycles. The molecule has 0 bridgehead atoms. The Kier molecular flexibility index (Phi) is 6.77. The fourth-order valence-corrected chi connectivity index (χ4v) is 1.42. The van der Waals surface area contributed by atoms with Crippen LogP contribution in [-0.2, 0) is 4.79 Å². The van der Waals surface area contributed by atoms with Gasteiger partial charge in [0.1, 0.15) is 5.92 Å². The van der Waals surface area contributed by atoms with Crippen LogP contribution in [0.3, 0.4) is 0 Å². The average Bonchev–Trinajstić information content (AvgIpc) is 2.26. The second-order valence-corrected chi connectivity index (χ2v) is 3.98. The van der Waals surface area contributed by atoms with Crippen LogP contribution in [0.1, 0.15) is 40.5 Å². The van der Waals surface area contributed by atoms with Crippen LogP contribution in [0.25, 0.3) is 0 Å². The molecule has 0 aliphatic carbocycles. The molecular formula is C12H22N2O. The highest BCUT2D eigenvalue weighted by molar-refractivity contribution is 5.81. The minimum absolute atomic E-state index is 0.0113. The predicted molar refractivity (Wildman–Crippen MR) is 61.1 cm³/mol. The van der Waals surface area contributed by atoms with E-state index in [1.54, 1.807) is 4.90 Å². The Morgan fingerprint density at radius 3 is 2.27 bits per heavy atom. The Hall–Kier alpha value is -1.04. The van der Waals surface area contributed by atoms with Crippen LogP contribution < -0.4 is 0 Å². The van der Waals surface area contributed by atoms with E-state index in [1.807, 2.05) is 13.8 Å². The minimum Gasteiger partial charge on any atom is -0.342 e. The quantitative estimate of drug-likeness (QED) is 0.676. The molecule has 2 atom stereocenters. The molecule has 0 rings (SSSR count). The average molecular weight is 210 g/mol. The van der Waals surface area contributed by atoms with Gasteiger partial charge < -0.3 is 4.90 Å². The fourth-order valence-electron chi connectivity index (χ4n) is 1.42. The van der Waals surface area contributed by atoms with Crippen LogP contribution >= 0.6 is 0 Å². The van der Waals surface area contributed by atoms with Gasteiger partial charge in [0.15, 0.2) is 0 Å². The van der Waals surface area contributed by atoms with E-state index in [9.17, 15) is 4.79 Å². The summed E-state index contributed by atoms with van der Waals surface area (Å²) in [6.45, 7) is 9.55. The molecule has 0 aromatic heterocycles. The molecule has 0 radical (unpaired) electrons. The zero-order valence-corrected chi connectivity index (χ0v) is 10.3. The molecular weight excluding hydrogens is 188 g/mol. The maximum absolute atomic E-state index is 11.9. The van der Waals surface area contributed by atoms with E-state index >= 15 is 0 Å². The number of hydrogen-bond donors (Lipinski definition) is 0. The summed E-state index contributed by atoms with van der Waals surface area (Å²) in [6.07, 6.45) is 1.67. The van der Waals surface area contributed by atoms with Crippen LogP contribution in [0.2, 0.25) is 0 Å². The first-order chi connectivity index (χ1) is 7.10. The van der Waals surface area contributed by atoms with Gasteiger partial charge in [-0.15, -0.1) is 0 Å². The highest BCUT2D eigenvalue weighted by atomic mass is 16.2. The smallest absolute Gasteiger partial charge is 0.239 e. The third-order valence-corrected chi connectivity index (χ3v) is 2.78. The number of rotatable bonds is 6. The molecule has 86 valence electrons. The zero-order valence-electron chi connectivity index (χ0n) is 10.3. The van der Waals surface area contributed by atoms with E-state index in [2.05, 4.69) is 19.9 Å². The summed E-state index contributed by atoms with van der Waals surface area (Å²) >= 11 is 0. The summed E-state index contributed by atoms with van der Waals surface area (Å²) in [7, 11) is 0. The van der Waals surface area contributed by atoms with E-state index < -0.39 is 5.92 Å². The Bertz CT molecular complexity index is 232. The number of carbonyl (C=O) groups is 1. The first-order valence-electron chi connectivity index (χ1n) is 5.78. The lowest BCUT2D eigenvalue weighted by Gasteiger charge is -2.25. The molecule has 0 spiro atoms. The second kappa shape index (κ2) is 7.28. The molecule has 0 N–H and O–H groups in total. The molecule has 0 aromatic carbocycles. The summed E-state index contributed by atoms with van der Waals surface area (Å²) in [5.74, 6) is 0.0295. The molecule has 0 aliphatic heterocycles. The molecule has 0 saturated carbocycles. The summed E-state index contributed by atoms with van der Waals surface area (Å²) < 4.78 is 0. The van der Waals surface area contributed by atoms with Crippen molar-refractivity contribution in [2.75, 3.05) is 13.1 Å². The zero-order chi connectivity index (χ0) is 11.8. The van der Waals surface area contributed by atoms with Crippen LogP contribution in [0.4, 0.5) is 0 Å². The van der Waals surface area contributed by atoms with E-state index in [4.69, 9.17) is 5.26 Å². The largest absolute Gasteiger partial charge is 0.342 e. The molecule has 3 heteroatoms. The van der Waals surface area contributed by atoms with Crippen molar-refractivity contribution in [3.63, 3.8) is 0 Å². The lowest BCUT2D eigenvalue weighted by atomic mass is 10.0. The monoisotopic (exact) mass is 210 g/mol. The van der Waals surface area contributed by atoms with Gasteiger partial charge in [0.05, 0.1) is 6.07 Å². The van der Waals surface area contributed by atoms with Crippen molar-refractivity contribution in [2.24, 2.45) is 11.8 Å². The van der Waals surface area contributed by atoms with Gasteiger partial charge in [-0.1, -0.05) is 27.2 Å². The fraction of sp³-hybridized carbons (Fsp3) is 0.833. The lowest BCUT2D eigenvalue weighted by molar-refractivity contribution is -0.134. The van der Waals surface area contributed by atoms with E-state index in [0.717, 1.165) is 13.0 Å². The molecule has 1 amide bonds. The van der Waals surface area contributed by atoms with E-state index in [0.29, 0.717) is 18.9 Å². The minimum atomic E-state index is -0.464. The van der Waals surface area contributed by atoms with Crippen molar-refractivity contribution in [3.8, 4) is 6.07 Å². The Morgan fingerprint density at radius 2 is 1.93 bits per heavy atom. The van der Waals surface area contributed by atoms with Gasteiger partial charge in [-0.25, -0.2) is 0 Å². The number of nitrogens with zero attached hydrogens (tertiary/aromatic N) is 2. The maximum Gasteiger partial charge on any atom is 0.239 e. The number of hydrogen-bond acceptors (Lipinski definition) is 2. The van der Waals surface area contributed by atoms with Crippen molar-refractivity contribution >= 4 is 5.91 Å². The van der Waals surface area contributed by atoms with Crippen molar-refractivity contribution in [2.45, 2.75) is 40.5 Å².